The average Bonchev–Trinajstić information content (AvgIpc) is 2.61. The molecule has 0 saturated heterocycles. The Labute approximate surface area is 141 Å². The van der Waals surface area contributed by atoms with Crippen molar-refractivity contribution in [2.75, 3.05) is 19.0 Å². The van der Waals surface area contributed by atoms with Crippen LogP contribution in [0.5, 0.6) is 11.5 Å². The lowest BCUT2D eigenvalue weighted by atomic mass is 10.1. The summed E-state index contributed by atoms with van der Waals surface area (Å²) in [5, 5.41) is 11.7. The van der Waals surface area contributed by atoms with Crippen LogP contribution in [0.3, 0.4) is 0 Å². The van der Waals surface area contributed by atoms with Gasteiger partial charge in [-0.1, -0.05) is 25.5 Å². The van der Waals surface area contributed by atoms with Crippen LogP contribution in [0.1, 0.15) is 24.5 Å². The fourth-order valence-electron chi connectivity index (χ4n) is 2.24. The first-order chi connectivity index (χ1) is 11.7. The topological polar surface area (TPSA) is 71.3 Å². The second kappa shape index (κ2) is 8.59. The lowest BCUT2D eigenvalue weighted by Crippen LogP contribution is -2.20. The average molecular weight is 324 g/mol. The summed E-state index contributed by atoms with van der Waals surface area (Å²) in [6.07, 6.45) is 2.11. The van der Waals surface area contributed by atoms with E-state index < -0.39 is 0 Å². The third-order valence-electron chi connectivity index (χ3n) is 3.43. The molecule has 0 fully saturated rings. The Morgan fingerprint density at radius 1 is 1.17 bits per heavy atom. The summed E-state index contributed by atoms with van der Waals surface area (Å²) in [4.78, 5) is 12.0. The van der Waals surface area contributed by atoms with Gasteiger partial charge in [0.15, 0.2) is 18.1 Å². The molecule has 0 aromatic heterocycles. The number of rotatable bonds is 7. The first kappa shape index (κ1) is 17.4. The molecule has 1 N–H and O–H groups in total. The fourth-order valence-corrected chi connectivity index (χ4v) is 2.24. The molecular weight excluding hydrogens is 304 g/mol. The van der Waals surface area contributed by atoms with Crippen LogP contribution in [-0.2, 0) is 11.2 Å². The largest absolute Gasteiger partial charge is 0.493 e. The normalized spacial score (nSPS) is 9.88. The van der Waals surface area contributed by atoms with Crippen LogP contribution in [0.4, 0.5) is 5.69 Å². The summed E-state index contributed by atoms with van der Waals surface area (Å²) in [6.45, 7) is 1.99. The molecule has 0 aliphatic rings. The zero-order valence-electron chi connectivity index (χ0n) is 13.8. The van der Waals surface area contributed by atoms with E-state index in [1.165, 1.54) is 12.7 Å². The molecule has 2 aromatic carbocycles. The van der Waals surface area contributed by atoms with Gasteiger partial charge >= 0.3 is 0 Å². The lowest BCUT2D eigenvalue weighted by Gasteiger charge is -2.11. The van der Waals surface area contributed by atoms with Gasteiger partial charge in [0.1, 0.15) is 0 Å². The first-order valence-electron chi connectivity index (χ1n) is 7.76. The molecular formula is C19H20N2O3. The van der Waals surface area contributed by atoms with E-state index >= 15 is 0 Å². The molecule has 0 heterocycles. The minimum Gasteiger partial charge on any atom is -0.493 e. The molecule has 0 aliphatic carbocycles. The number of anilines is 1. The van der Waals surface area contributed by atoms with Gasteiger partial charge in [-0.05, 0) is 36.2 Å². The number of nitrogens with one attached hydrogen (secondary N) is 1. The van der Waals surface area contributed by atoms with Crippen molar-refractivity contribution in [3.63, 3.8) is 0 Å². The SMILES string of the molecule is CCCc1ccc(NC(=O)COc2ccc(C#N)cc2OC)cc1. The number of hydrogen-bond acceptors (Lipinski definition) is 4. The monoisotopic (exact) mass is 324 g/mol. The van der Waals surface area contributed by atoms with Gasteiger partial charge in [-0.3, -0.25) is 4.79 Å². The molecule has 0 atom stereocenters. The van der Waals surface area contributed by atoms with Crippen LogP contribution in [0.2, 0.25) is 0 Å². The summed E-state index contributed by atoms with van der Waals surface area (Å²) in [5.74, 6) is 0.584. The Balaban J connectivity index is 1.92. The highest BCUT2D eigenvalue weighted by Gasteiger charge is 2.09. The zero-order chi connectivity index (χ0) is 17.4. The molecule has 0 aliphatic heterocycles. The fraction of sp³-hybridized carbons (Fsp3) is 0.263. The van der Waals surface area contributed by atoms with Crippen molar-refractivity contribution < 1.29 is 14.3 Å². The Kier molecular flexibility index (Phi) is 6.21. The molecule has 0 saturated carbocycles. The maximum absolute atomic E-state index is 12.0. The maximum Gasteiger partial charge on any atom is 0.262 e. The van der Waals surface area contributed by atoms with E-state index in [2.05, 4.69) is 12.2 Å². The Morgan fingerprint density at radius 2 is 1.92 bits per heavy atom. The number of methoxy groups -OCH3 is 1. The molecule has 1 amide bonds. The summed E-state index contributed by atoms with van der Waals surface area (Å²) < 4.78 is 10.6. The number of benzene rings is 2. The van der Waals surface area contributed by atoms with Crippen molar-refractivity contribution in [2.45, 2.75) is 19.8 Å². The van der Waals surface area contributed by atoms with Crippen molar-refractivity contribution in [1.82, 2.24) is 0 Å². The number of amides is 1. The Bertz CT molecular complexity index is 733. The van der Waals surface area contributed by atoms with Gasteiger partial charge in [0.25, 0.3) is 5.91 Å². The van der Waals surface area contributed by atoms with Crippen molar-refractivity contribution in [2.24, 2.45) is 0 Å². The molecule has 0 unspecified atom stereocenters. The lowest BCUT2D eigenvalue weighted by molar-refractivity contribution is -0.118. The van der Waals surface area contributed by atoms with Gasteiger partial charge in [0, 0.05) is 11.8 Å². The van der Waals surface area contributed by atoms with Crippen molar-refractivity contribution in [1.29, 1.82) is 5.26 Å². The quantitative estimate of drug-likeness (QED) is 0.845. The second-order valence-electron chi connectivity index (χ2n) is 5.26. The zero-order valence-corrected chi connectivity index (χ0v) is 13.8. The van der Waals surface area contributed by atoms with E-state index in [-0.39, 0.29) is 12.5 Å². The van der Waals surface area contributed by atoms with Crippen LogP contribution in [-0.4, -0.2) is 19.6 Å². The van der Waals surface area contributed by atoms with E-state index in [1.54, 1.807) is 18.2 Å². The predicted molar refractivity (Wildman–Crippen MR) is 92.3 cm³/mol. The number of ether oxygens (including phenoxy) is 2. The molecule has 5 heteroatoms. The van der Waals surface area contributed by atoms with Crippen LogP contribution < -0.4 is 14.8 Å². The molecule has 0 spiro atoms. The van der Waals surface area contributed by atoms with Crippen LogP contribution in [0.15, 0.2) is 42.5 Å². The number of hydrogen-bond donors (Lipinski definition) is 1. The van der Waals surface area contributed by atoms with E-state index in [0.717, 1.165) is 18.5 Å². The summed E-state index contributed by atoms with van der Waals surface area (Å²) in [6, 6.07) is 14.6. The Hall–Kier alpha value is -3.00. The number of carbonyl (C=O) groups is 1. The number of carbonyl (C=O) groups excluding carboxylic acids is 1. The Morgan fingerprint density at radius 3 is 2.54 bits per heavy atom. The van der Waals surface area contributed by atoms with E-state index in [4.69, 9.17) is 14.7 Å². The predicted octanol–water partition coefficient (Wildman–Crippen LogP) is 3.54. The van der Waals surface area contributed by atoms with Gasteiger partial charge in [0.05, 0.1) is 18.7 Å². The first-order valence-corrected chi connectivity index (χ1v) is 7.76. The van der Waals surface area contributed by atoms with Gasteiger partial charge in [-0.2, -0.15) is 5.26 Å². The smallest absolute Gasteiger partial charge is 0.262 e. The number of nitriles is 1. The highest BCUT2D eigenvalue weighted by Crippen LogP contribution is 2.27. The van der Waals surface area contributed by atoms with Gasteiger partial charge in [-0.25, -0.2) is 0 Å². The number of nitrogens with zero attached hydrogens (tertiary/aromatic N) is 1. The molecule has 24 heavy (non-hydrogen) atoms. The summed E-state index contributed by atoms with van der Waals surface area (Å²) >= 11 is 0. The number of aryl methyl sites for hydroxylation is 1. The van der Waals surface area contributed by atoms with E-state index in [9.17, 15) is 4.79 Å². The third kappa shape index (κ3) is 4.75. The van der Waals surface area contributed by atoms with Gasteiger partial charge < -0.3 is 14.8 Å². The van der Waals surface area contributed by atoms with Crippen LogP contribution in [0.25, 0.3) is 0 Å². The van der Waals surface area contributed by atoms with Gasteiger partial charge in [0.2, 0.25) is 0 Å². The molecule has 0 radical (unpaired) electrons. The van der Waals surface area contributed by atoms with E-state index in [1.807, 2.05) is 30.3 Å². The standard InChI is InChI=1S/C19H20N2O3/c1-3-4-14-5-8-16(9-6-14)21-19(22)13-24-17-10-7-15(12-20)11-18(17)23-2/h5-11H,3-4,13H2,1-2H3,(H,21,22). The van der Waals surface area contributed by atoms with Gasteiger partial charge in [-0.15, -0.1) is 0 Å². The minimum atomic E-state index is -0.260. The second-order valence-corrected chi connectivity index (χ2v) is 5.26. The summed E-state index contributed by atoms with van der Waals surface area (Å²) in [7, 11) is 1.49. The van der Waals surface area contributed by atoms with Crippen molar-refractivity contribution >= 4 is 11.6 Å². The summed E-state index contributed by atoms with van der Waals surface area (Å²) in [5.41, 5.74) is 2.44. The van der Waals surface area contributed by atoms with Crippen molar-refractivity contribution in [3.8, 4) is 17.6 Å². The maximum atomic E-state index is 12.0. The minimum absolute atomic E-state index is 0.140. The van der Waals surface area contributed by atoms with Crippen molar-refractivity contribution in [3.05, 3.63) is 53.6 Å². The molecule has 5 nitrogen and oxygen atoms in total. The molecule has 2 aromatic rings. The molecule has 0 bridgehead atoms. The third-order valence-corrected chi connectivity index (χ3v) is 3.43. The highest BCUT2D eigenvalue weighted by molar-refractivity contribution is 5.91. The molecule has 2 rings (SSSR count). The van der Waals surface area contributed by atoms with Crippen LogP contribution >= 0.6 is 0 Å². The van der Waals surface area contributed by atoms with E-state index in [0.29, 0.717) is 17.1 Å². The van der Waals surface area contributed by atoms with Crippen LogP contribution in [0, 0.1) is 11.3 Å². The highest BCUT2D eigenvalue weighted by atomic mass is 16.5. The molecule has 124 valence electrons.